The molecule has 0 aliphatic rings. The highest BCUT2D eigenvalue weighted by molar-refractivity contribution is 4.73. The summed E-state index contributed by atoms with van der Waals surface area (Å²) < 4.78 is 12.2. The van der Waals surface area contributed by atoms with E-state index in [0.717, 1.165) is 12.4 Å². The molecule has 0 aromatic carbocycles. The van der Waals surface area contributed by atoms with E-state index in [1.165, 1.54) is 0 Å². The predicted molar refractivity (Wildman–Crippen MR) is 43.3 cm³/mol. The number of aromatic nitrogens is 2. The summed E-state index contributed by atoms with van der Waals surface area (Å²) in [4.78, 5) is 3.08. The predicted octanol–water partition coefficient (Wildman–Crippen LogP) is 0.443. The quantitative estimate of drug-likeness (QED) is 0.653. The van der Waals surface area contributed by atoms with Gasteiger partial charge in [-0.2, -0.15) is 0 Å². The van der Waals surface area contributed by atoms with Crippen molar-refractivity contribution in [3.05, 3.63) is 18.2 Å². The maximum Gasteiger partial charge on any atom is 0.282 e. The maximum absolute atomic E-state index is 5.26. The number of nitrogens with zero attached hydrogens (tertiary/aromatic N) is 1. The van der Waals surface area contributed by atoms with Crippen LogP contribution in [0.2, 0.25) is 0 Å². The number of hydrogen-bond donors (Lipinski definition) is 1. The van der Waals surface area contributed by atoms with Gasteiger partial charge in [0.05, 0.1) is 0 Å². The summed E-state index contributed by atoms with van der Waals surface area (Å²) in [6.45, 7) is 3.87. The summed E-state index contributed by atoms with van der Waals surface area (Å²) in [6.07, 6.45) is 3.80. The van der Waals surface area contributed by atoms with Crippen LogP contribution in [0.5, 0.6) is 0 Å². The Bertz CT molecular complexity index is 223. The number of imidazole rings is 1. The normalized spacial score (nSPS) is 10.5. The maximum atomic E-state index is 5.26. The van der Waals surface area contributed by atoms with E-state index in [4.69, 9.17) is 9.47 Å². The number of nitrogens with one attached hydrogen (secondary N) is 1. The van der Waals surface area contributed by atoms with Crippen LogP contribution < -0.4 is 4.57 Å². The third-order valence-corrected chi connectivity index (χ3v) is 1.56. The van der Waals surface area contributed by atoms with E-state index < -0.39 is 0 Å². The van der Waals surface area contributed by atoms with Crippen LogP contribution in [0.4, 0.5) is 0 Å². The first-order chi connectivity index (χ1) is 5.88. The minimum atomic E-state index is 0.561. The van der Waals surface area contributed by atoms with Crippen LogP contribution in [-0.2, 0) is 22.8 Å². The summed E-state index contributed by atoms with van der Waals surface area (Å²) in [6, 6.07) is 0. The van der Waals surface area contributed by atoms with Crippen LogP contribution >= 0.6 is 0 Å². The number of H-pyrrole nitrogens is 1. The molecule has 1 aromatic heterocycles. The second-order valence-electron chi connectivity index (χ2n) is 2.43. The highest BCUT2D eigenvalue weighted by atomic mass is 16.5. The van der Waals surface area contributed by atoms with Crippen LogP contribution in [0.25, 0.3) is 0 Å². The topological polar surface area (TPSA) is 38.1 Å². The van der Waals surface area contributed by atoms with Crippen LogP contribution in [-0.4, -0.2) is 18.7 Å². The molecule has 4 nitrogen and oxygen atoms in total. The monoisotopic (exact) mass is 171 g/mol. The molecular weight excluding hydrogens is 156 g/mol. The molecule has 1 N–H and O–H groups in total. The van der Waals surface area contributed by atoms with Crippen molar-refractivity contribution in [2.24, 2.45) is 0 Å². The minimum absolute atomic E-state index is 0.561. The van der Waals surface area contributed by atoms with Gasteiger partial charge in [0.25, 0.3) is 5.82 Å². The van der Waals surface area contributed by atoms with Gasteiger partial charge in [0, 0.05) is 13.7 Å². The Hall–Kier alpha value is -0.870. The molecule has 68 valence electrons. The SMILES string of the molecule is CCOCc1[nH]cc[n+]1COC. The van der Waals surface area contributed by atoms with E-state index in [1.807, 2.05) is 23.9 Å². The molecule has 0 aliphatic heterocycles. The highest BCUT2D eigenvalue weighted by Crippen LogP contribution is 1.90. The molecule has 12 heavy (non-hydrogen) atoms. The van der Waals surface area contributed by atoms with Crippen LogP contribution in [0.1, 0.15) is 12.7 Å². The molecule has 0 bridgehead atoms. The number of rotatable bonds is 5. The van der Waals surface area contributed by atoms with Gasteiger partial charge in [0.2, 0.25) is 0 Å². The molecule has 0 radical (unpaired) electrons. The Morgan fingerprint density at radius 2 is 2.42 bits per heavy atom. The Kier molecular flexibility index (Phi) is 3.76. The standard InChI is InChI=1S/C8H14N2O2/c1-3-12-6-8-9-4-5-10(8)7-11-2/h4-5H,3,6-7H2,1-2H3/p+1. The molecule has 0 amide bonds. The van der Waals surface area contributed by atoms with Gasteiger partial charge in [-0.15, -0.1) is 0 Å². The van der Waals surface area contributed by atoms with Crippen molar-refractivity contribution in [2.45, 2.75) is 20.3 Å². The van der Waals surface area contributed by atoms with Crippen LogP contribution in [0.3, 0.4) is 0 Å². The zero-order valence-corrected chi connectivity index (χ0v) is 7.54. The van der Waals surface area contributed by atoms with E-state index in [1.54, 1.807) is 7.11 Å². The average molecular weight is 171 g/mol. The largest absolute Gasteiger partial charge is 0.369 e. The molecular formula is C8H15N2O2+. The van der Waals surface area contributed by atoms with Crippen molar-refractivity contribution in [2.75, 3.05) is 13.7 Å². The van der Waals surface area contributed by atoms with E-state index in [0.29, 0.717) is 13.3 Å². The van der Waals surface area contributed by atoms with Gasteiger partial charge in [-0.1, -0.05) is 0 Å². The zero-order chi connectivity index (χ0) is 8.81. The Labute approximate surface area is 72.1 Å². The fraction of sp³-hybridized carbons (Fsp3) is 0.625. The summed E-state index contributed by atoms with van der Waals surface area (Å²) in [7, 11) is 1.67. The molecule has 0 aliphatic carbocycles. The minimum Gasteiger partial charge on any atom is -0.369 e. The second kappa shape index (κ2) is 4.90. The van der Waals surface area contributed by atoms with Crippen molar-refractivity contribution >= 4 is 0 Å². The van der Waals surface area contributed by atoms with Gasteiger partial charge in [-0.3, -0.25) is 0 Å². The summed E-state index contributed by atoms with van der Waals surface area (Å²) in [5.41, 5.74) is 0. The summed E-state index contributed by atoms with van der Waals surface area (Å²) in [5, 5.41) is 0. The Balaban J connectivity index is 2.51. The number of ether oxygens (including phenoxy) is 2. The molecule has 1 aromatic rings. The van der Waals surface area contributed by atoms with Gasteiger partial charge in [0.1, 0.15) is 19.0 Å². The molecule has 4 heteroatoms. The van der Waals surface area contributed by atoms with Crippen molar-refractivity contribution in [3.8, 4) is 0 Å². The third-order valence-electron chi connectivity index (χ3n) is 1.56. The van der Waals surface area contributed by atoms with Crippen molar-refractivity contribution in [1.82, 2.24) is 4.98 Å². The van der Waals surface area contributed by atoms with Crippen molar-refractivity contribution in [1.29, 1.82) is 0 Å². The van der Waals surface area contributed by atoms with Crippen LogP contribution in [0.15, 0.2) is 12.4 Å². The smallest absolute Gasteiger partial charge is 0.282 e. The molecule has 0 saturated heterocycles. The van der Waals surface area contributed by atoms with Crippen LogP contribution in [0, 0.1) is 0 Å². The lowest BCUT2D eigenvalue weighted by molar-refractivity contribution is -0.738. The lowest BCUT2D eigenvalue weighted by Crippen LogP contribution is -2.37. The molecule has 0 atom stereocenters. The van der Waals surface area contributed by atoms with E-state index in [9.17, 15) is 0 Å². The van der Waals surface area contributed by atoms with Gasteiger partial charge >= 0.3 is 0 Å². The van der Waals surface area contributed by atoms with Crippen molar-refractivity contribution in [3.63, 3.8) is 0 Å². The first-order valence-corrected chi connectivity index (χ1v) is 4.00. The van der Waals surface area contributed by atoms with E-state index in [-0.39, 0.29) is 0 Å². The molecule has 0 fully saturated rings. The first-order valence-electron chi connectivity index (χ1n) is 4.00. The number of hydrogen-bond acceptors (Lipinski definition) is 2. The van der Waals surface area contributed by atoms with Crippen molar-refractivity contribution < 1.29 is 14.0 Å². The lowest BCUT2D eigenvalue weighted by atomic mass is 10.6. The van der Waals surface area contributed by atoms with E-state index >= 15 is 0 Å². The fourth-order valence-corrected chi connectivity index (χ4v) is 0.980. The fourth-order valence-electron chi connectivity index (χ4n) is 0.980. The molecule has 1 rings (SSSR count). The van der Waals surface area contributed by atoms with Gasteiger partial charge in [-0.25, -0.2) is 9.55 Å². The second-order valence-corrected chi connectivity index (χ2v) is 2.43. The Morgan fingerprint density at radius 3 is 3.08 bits per heavy atom. The van der Waals surface area contributed by atoms with Gasteiger partial charge in [0.15, 0.2) is 6.73 Å². The Morgan fingerprint density at radius 1 is 1.58 bits per heavy atom. The number of aromatic amines is 1. The molecule has 1 heterocycles. The van der Waals surface area contributed by atoms with Gasteiger partial charge < -0.3 is 9.47 Å². The highest BCUT2D eigenvalue weighted by Gasteiger charge is 2.08. The third kappa shape index (κ3) is 2.32. The number of methoxy groups -OCH3 is 1. The lowest BCUT2D eigenvalue weighted by Gasteiger charge is -1.98. The first kappa shape index (κ1) is 9.22. The van der Waals surface area contributed by atoms with Gasteiger partial charge in [-0.05, 0) is 6.92 Å². The zero-order valence-electron chi connectivity index (χ0n) is 7.54. The average Bonchev–Trinajstić information content (AvgIpc) is 2.50. The van der Waals surface area contributed by atoms with E-state index in [2.05, 4.69) is 4.98 Å². The molecule has 0 unspecified atom stereocenters. The summed E-state index contributed by atoms with van der Waals surface area (Å²) >= 11 is 0. The molecule has 0 saturated carbocycles. The molecule has 0 spiro atoms. The summed E-state index contributed by atoms with van der Waals surface area (Å²) in [5.74, 6) is 1.03.